The largest absolute Gasteiger partial charge is 0.424 e. The second-order valence-electron chi connectivity index (χ2n) is 6.13. The molecule has 0 spiro atoms. The van der Waals surface area contributed by atoms with E-state index in [4.69, 9.17) is 9.15 Å². The first-order valence-corrected chi connectivity index (χ1v) is 8.10. The highest BCUT2D eigenvalue weighted by atomic mass is 16.5. The summed E-state index contributed by atoms with van der Waals surface area (Å²) in [5.74, 6) is 0. The number of morpholine rings is 1. The standard InChI is InChI=1S/C17H21N5O2/c1-21-7-8-23-15(16(21)13-9-18-11-22(13)2)10-19-17-20-12-5-3-4-6-14(12)24-17/h3-6,9,11,15-16H,7-8,10H2,1-2H3,(H,19,20)/t15-,16-/m0/s1. The summed E-state index contributed by atoms with van der Waals surface area (Å²) in [5, 5.41) is 3.28. The molecule has 126 valence electrons. The number of oxazole rings is 1. The molecule has 2 atom stereocenters. The van der Waals surface area contributed by atoms with Gasteiger partial charge in [0.05, 0.1) is 30.8 Å². The Morgan fingerprint density at radius 1 is 1.29 bits per heavy atom. The van der Waals surface area contributed by atoms with Crippen LogP contribution >= 0.6 is 0 Å². The number of nitrogens with one attached hydrogen (secondary N) is 1. The van der Waals surface area contributed by atoms with Crippen molar-refractivity contribution in [3.63, 3.8) is 0 Å². The summed E-state index contributed by atoms with van der Waals surface area (Å²) in [7, 11) is 4.13. The lowest BCUT2D eigenvalue weighted by molar-refractivity contribution is -0.0580. The van der Waals surface area contributed by atoms with Crippen molar-refractivity contribution in [2.45, 2.75) is 12.1 Å². The fourth-order valence-electron chi connectivity index (χ4n) is 3.24. The number of imidazole rings is 1. The zero-order chi connectivity index (χ0) is 16.5. The van der Waals surface area contributed by atoms with Crippen LogP contribution in [-0.2, 0) is 11.8 Å². The van der Waals surface area contributed by atoms with Crippen LogP contribution in [0.1, 0.15) is 11.7 Å². The number of para-hydroxylation sites is 2. The van der Waals surface area contributed by atoms with Crippen LogP contribution < -0.4 is 5.32 Å². The molecule has 2 aromatic heterocycles. The van der Waals surface area contributed by atoms with E-state index in [1.165, 1.54) is 0 Å². The molecule has 1 aromatic carbocycles. The third-order valence-electron chi connectivity index (χ3n) is 4.51. The number of hydrogen-bond acceptors (Lipinski definition) is 6. The van der Waals surface area contributed by atoms with Crippen molar-refractivity contribution in [3.05, 3.63) is 42.5 Å². The Balaban J connectivity index is 1.52. The molecule has 1 N–H and O–H groups in total. The lowest BCUT2D eigenvalue weighted by Gasteiger charge is -2.39. The van der Waals surface area contributed by atoms with Crippen LogP contribution in [0.3, 0.4) is 0 Å². The van der Waals surface area contributed by atoms with Crippen molar-refractivity contribution in [2.75, 3.05) is 32.1 Å². The molecule has 0 radical (unpaired) electrons. The van der Waals surface area contributed by atoms with Crippen LogP contribution in [0.15, 0.2) is 41.2 Å². The highest BCUT2D eigenvalue weighted by Gasteiger charge is 2.33. The summed E-state index contributed by atoms with van der Waals surface area (Å²) < 4.78 is 13.8. The molecule has 0 aliphatic carbocycles. The van der Waals surface area contributed by atoms with Crippen molar-refractivity contribution < 1.29 is 9.15 Å². The van der Waals surface area contributed by atoms with Gasteiger partial charge >= 0.3 is 0 Å². The first kappa shape index (κ1) is 15.2. The number of anilines is 1. The summed E-state index contributed by atoms with van der Waals surface area (Å²) in [6.45, 7) is 2.23. The Bertz CT molecular complexity index is 794. The van der Waals surface area contributed by atoms with E-state index in [-0.39, 0.29) is 12.1 Å². The van der Waals surface area contributed by atoms with E-state index in [1.54, 1.807) is 0 Å². The van der Waals surface area contributed by atoms with Gasteiger partial charge in [0.1, 0.15) is 5.52 Å². The van der Waals surface area contributed by atoms with Crippen LogP contribution in [0.4, 0.5) is 6.01 Å². The molecule has 3 aromatic rings. The second-order valence-corrected chi connectivity index (χ2v) is 6.13. The fourth-order valence-corrected chi connectivity index (χ4v) is 3.24. The van der Waals surface area contributed by atoms with E-state index in [0.29, 0.717) is 19.2 Å². The normalized spacial score (nSPS) is 22.1. The predicted octanol–water partition coefficient (Wildman–Crippen LogP) is 2.05. The van der Waals surface area contributed by atoms with Gasteiger partial charge < -0.3 is 19.0 Å². The zero-order valence-corrected chi connectivity index (χ0v) is 13.8. The maximum absolute atomic E-state index is 6.02. The molecule has 1 saturated heterocycles. The summed E-state index contributed by atoms with van der Waals surface area (Å²) in [4.78, 5) is 11.0. The highest BCUT2D eigenvalue weighted by molar-refractivity contribution is 5.74. The van der Waals surface area contributed by atoms with E-state index in [1.807, 2.05) is 48.4 Å². The quantitative estimate of drug-likeness (QED) is 0.791. The monoisotopic (exact) mass is 327 g/mol. The van der Waals surface area contributed by atoms with Crippen molar-refractivity contribution in [2.24, 2.45) is 7.05 Å². The third-order valence-corrected chi connectivity index (χ3v) is 4.51. The number of fused-ring (bicyclic) bond motifs is 1. The van der Waals surface area contributed by atoms with Crippen molar-refractivity contribution >= 4 is 17.1 Å². The van der Waals surface area contributed by atoms with Gasteiger partial charge in [-0.25, -0.2) is 4.98 Å². The molecule has 0 saturated carbocycles. The predicted molar refractivity (Wildman–Crippen MR) is 90.8 cm³/mol. The SMILES string of the molecule is CN1CCO[C@@H](CNc2nc3ccccc3o2)[C@@H]1c1cncn1C. The number of ether oxygens (including phenoxy) is 1. The van der Waals surface area contributed by atoms with Gasteiger partial charge in [0.2, 0.25) is 0 Å². The molecule has 0 amide bonds. The average Bonchev–Trinajstić information content (AvgIpc) is 3.18. The zero-order valence-electron chi connectivity index (χ0n) is 13.8. The molecule has 0 unspecified atom stereocenters. The molecular weight excluding hydrogens is 306 g/mol. The molecule has 24 heavy (non-hydrogen) atoms. The van der Waals surface area contributed by atoms with Gasteiger partial charge in [0, 0.05) is 26.3 Å². The minimum atomic E-state index is -0.00541. The van der Waals surface area contributed by atoms with Crippen molar-refractivity contribution in [1.82, 2.24) is 19.4 Å². The molecule has 1 fully saturated rings. The molecule has 3 heterocycles. The summed E-state index contributed by atoms with van der Waals surface area (Å²) >= 11 is 0. The van der Waals surface area contributed by atoms with E-state index in [2.05, 4.69) is 27.2 Å². The minimum absolute atomic E-state index is 0.00541. The van der Waals surface area contributed by atoms with Gasteiger partial charge in [0.25, 0.3) is 6.01 Å². The van der Waals surface area contributed by atoms with E-state index in [0.717, 1.165) is 23.3 Å². The van der Waals surface area contributed by atoms with Gasteiger partial charge in [-0.1, -0.05) is 12.1 Å². The van der Waals surface area contributed by atoms with Crippen LogP contribution in [0.5, 0.6) is 0 Å². The van der Waals surface area contributed by atoms with Gasteiger partial charge in [-0.15, -0.1) is 0 Å². The summed E-state index contributed by atoms with van der Waals surface area (Å²) in [6.07, 6.45) is 3.72. The molecule has 4 rings (SSSR count). The van der Waals surface area contributed by atoms with E-state index in [9.17, 15) is 0 Å². The minimum Gasteiger partial charge on any atom is -0.424 e. The first-order valence-electron chi connectivity index (χ1n) is 8.10. The Morgan fingerprint density at radius 3 is 2.96 bits per heavy atom. The van der Waals surface area contributed by atoms with Crippen molar-refractivity contribution in [1.29, 1.82) is 0 Å². The average molecular weight is 327 g/mol. The molecule has 1 aliphatic heterocycles. The Morgan fingerprint density at radius 2 is 2.17 bits per heavy atom. The number of likely N-dealkylation sites (N-methyl/N-ethyl adjacent to an activating group) is 1. The lowest BCUT2D eigenvalue weighted by atomic mass is 10.0. The van der Waals surface area contributed by atoms with Crippen LogP contribution in [0.25, 0.3) is 11.1 Å². The molecule has 1 aliphatic rings. The number of benzene rings is 1. The first-order chi connectivity index (χ1) is 11.7. The Labute approximate surface area is 140 Å². The fraction of sp³-hybridized carbons (Fsp3) is 0.412. The van der Waals surface area contributed by atoms with E-state index >= 15 is 0 Å². The van der Waals surface area contributed by atoms with E-state index < -0.39 is 0 Å². The maximum atomic E-state index is 6.02. The van der Waals surface area contributed by atoms with Gasteiger partial charge in [-0.05, 0) is 19.2 Å². The summed E-state index contributed by atoms with van der Waals surface area (Å²) in [5.41, 5.74) is 2.77. The van der Waals surface area contributed by atoms with Crippen LogP contribution in [0.2, 0.25) is 0 Å². The number of aryl methyl sites for hydroxylation is 1. The topological polar surface area (TPSA) is 68.3 Å². The Kier molecular flexibility index (Phi) is 3.95. The molecular formula is C17H21N5O2. The summed E-state index contributed by atoms with van der Waals surface area (Å²) in [6, 6.07) is 8.41. The Hall–Kier alpha value is -2.38. The molecule has 7 heteroatoms. The maximum Gasteiger partial charge on any atom is 0.295 e. The number of nitrogens with zero attached hydrogens (tertiary/aromatic N) is 4. The van der Waals surface area contributed by atoms with Gasteiger partial charge in [-0.3, -0.25) is 4.90 Å². The number of hydrogen-bond donors (Lipinski definition) is 1. The second kappa shape index (κ2) is 6.26. The number of rotatable bonds is 4. The van der Waals surface area contributed by atoms with Gasteiger partial charge in [0.15, 0.2) is 5.58 Å². The molecule has 0 bridgehead atoms. The van der Waals surface area contributed by atoms with Crippen molar-refractivity contribution in [3.8, 4) is 0 Å². The molecule has 7 nitrogen and oxygen atoms in total. The third kappa shape index (κ3) is 2.76. The van der Waals surface area contributed by atoms with Crippen LogP contribution in [-0.4, -0.2) is 52.3 Å². The lowest BCUT2D eigenvalue weighted by Crippen LogP contribution is -2.46. The smallest absolute Gasteiger partial charge is 0.295 e. The highest BCUT2D eigenvalue weighted by Crippen LogP contribution is 2.28. The van der Waals surface area contributed by atoms with Gasteiger partial charge in [-0.2, -0.15) is 4.98 Å². The van der Waals surface area contributed by atoms with Crippen LogP contribution in [0, 0.1) is 0 Å². The number of aromatic nitrogens is 3.